The summed E-state index contributed by atoms with van der Waals surface area (Å²) in [6.07, 6.45) is 4.98. The van der Waals surface area contributed by atoms with Gasteiger partial charge in [0.15, 0.2) is 0 Å². The van der Waals surface area contributed by atoms with E-state index < -0.39 is 0 Å². The molecule has 6 heteroatoms. The number of anilines is 1. The molecule has 2 aromatic heterocycles. The standard InChI is InChI=1S/C28H29ClN4S/c1-19-24(23-12-11-21-9-5-6-10-22(21)17-23)25-26(30-28(29)31-27(25)34-19)33-15-13-32(14-16-33)18-20-7-3-2-4-8-20/h2-4,7-8,11-12,17H,5-6,9-10,13-16,18H2,1H3. The molecule has 0 unspecified atom stereocenters. The molecule has 4 aromatic rings. The number of piperazine rings is 1. The molecule has 1 aliphatic carbocycles. The largest absolute Gasteiger partial charge is 0.353 e. The van der Waals surface area contributed by atoms with E-state index in [1.54, 1.807) is 11.3 Å². The second kappa shape index (κ2) is 9.29. The topological polar surface area (TPSA) is 32.3 Å². The maximum Gasteiger partial charge on any atom is 0.225 e. The van der Waals surface area contributed by atoms with E-state index in [1.165, 1.54) is 63.8 Å². The summed E-state index contributed by atoms with van der Waals surface area (Å²) in [7, 11) is 0. The summed E-state index contributed by atoms with van der Waals surface area (Å²) in [6, 6.07) is 17.8. The number of aryl methyl sites for hydroxylation is 3. The highest BCUT2D eigenvalue weighted by molar-refractivity contribution is 7.19. The van der Waals surface area contributed by atoms with Crippen molar-refractivity contribution in [2.45, 2.75) is 39.2 Å². The Morgan fingerprint density at radius 3 is 2.47 bits per heavy atom. The van der Waals surface area contributed by atoms with Crippen LogP contribution >= 0.6 is 22.9 Å². The monoisotopic (exact) mass is 488 g/mol. The van der Waals surface area contributed by atoms with Crippen molar-refractivity contribution in [1.82, 2.24) is 14.9 Å². The molecule has 2 aromatic carbocycles. The van der Waals surface area contributed by atoms with Crippen LogP contribution in [0, 0.1) is 6.92 Å². The van der Waals surface area contributed by atoms with Crippen LogP contribution < -0.4 is 4.90 Å². The van der Waals surface area contributed by atoms with Gasteiger partial charge in [0.1, 0.15) is 10.6 Å². The quantitative estimate of drug-likeness (QED) is 0.306. The van der Waals surface area contributed by atoms with E-state index in [4.69, 9.17) is 16.6 Å². The average molecular weight is 489 g/mol. The third-order valence-corrected chi connectivity index (χ3v) is 8.41. The Morgan fingerprint density at radius 2 is 1.68 bits per heavy atom. The summed E-state index contributed by atoms with van der Waals surface area (Å²) in [5.74, 6) is 0.992. The van der Waals surface area contributed by atoms with Crippen molar-refractivity contribution >= 4 is 39.0 Å². The molecule has 0 bridgehead atoms. The van der Waals surface area contributed by atoms with Gasteiger partial charge in [-0.1, -0.05) is 48.5 Å². The van der Waals surface area contributed by atoms with E-state index in [1.807, 2.05) is 0 Å². The van der Waals surface area contributed by atoms with Crippen molar-refractivity contribution in [2.24, 2.45) is 0 Å². The molecule has 2 aliphatic rings. The van der Waals surface area contributed by atoms with Gasteiger partial charge < -0.3 is 4.90 Å². The zero-order valence-corrected chi connectivity index (χ0v) is 21.1. The minimum Gasteiger partial charge on any atom is -0.353 e. The third kappa shape index (κ3) is 4.21. The summed E-state index contributed by atoms with van der Waals surface area (Å²) in [4.78, 5) is 16.6. The number of aromatic nitrogens is 2. The molecule has 1 fully saturated rings. The molecular formula is C28H29ClN4S. The lowest BCUT2D eigenvalue weighted by molar-refractivity contribution is 0.249. The Hall–Kier alpha value is -2.47. The number of halogens is 1. The molecule has 0 N–H and O–H groups in total. The molecule has 1 aliphatic heterocycles. The Bertz CT molecular complexity index is 1330. The van der Waals surface area contributed by atoms with Gasteiger partial charge in [-0.2, -0.15) is 4.98 Å². The molecule has 4 nitrogen and oxygen atoms in total. The van der Waals surface area contributed by atoms with E-state index in [0.29, 0.717) is 5.28 Å². The first-order valence-corrected chi connectivity index (χ1v) is 13.5. The first kappa shape index (κ1) is 22.0. The highest BCUT2D eigenvalue weighted by Gasteiger charge is 2.25. The summed E-state index contributed by atoms with van der Waals surface area (Å²) in [5, 5.41) is 1.51. The van der Waals surface area contributed by atoms with Crippen molar-refractivity contribution in [1.29, 1.82) is 0 Å². The minimum atomic E-state index is 0.340. The Labute approximate surface area is 210 Å². The van der Waals surface area contributed by atoms with E-state index in [2.05, 4.69) is 70.2 Å². The first-order valence-electron chi connectivity index (χ1n) is 12.3. The van der Waals surface area contributed by atoms with Crippen molar-refractivity contribution in [3.8, 4) is 11.1 Å². The van der Waals surface area contributed by atoms with Gasteiger partial charge in [-0.25, -0.2) is 4.98 Å². The Balaban J connectivity index is 1.34. The SMILES string of the molecule is Cc1sc2nc(Cl)nc(N3CCN(Cc4ccccc4)CC3)c2c1-c1ccc2c(c1)CCCC2. The van der Waals surface area contributed by atoms with Crippen molar-refractivity contribution in [2.75, 3.05) is 31.1 Å². The van der Waals surface area contributed by atoms with Gasteiger partial charge in [0.2, 0.25) is 5.28 Å². The summed E-state index contributed by atoms with van der Waals surface area (Å²) in [5.41, 5.74) is 6.97. The molecule has 0 radical (unpaired) electrons. The van der Waals surface area contributed by atoms with E-state index in [0.717, 1.165) is 43.4 Å². The third-order valence-electron chi connectivity index (χ3n) is 7.24. The number of hydrogen-bond acceptors (Lipinski definition) is 5. The molecule has 1 saturated heterocycles. The molecule has 0 spiro atoms. The van der Waals surface area contributed by atoms with Gasteiger partial charge >= 0.3 is 0 Å². The Morgan fingerprint density at radius 1 is 0.912 bits per heavy atom. The second-order valence-electron chi connectivity index (χ2n) is 9.47. The van der Waals surface area contributed by atoms with Crippen LogP contribution in [0.3, 0.4) is 0 Å². The lowest BCUT2D eigenvalue weighted by atomic mass is 9.89. The van der Waals surface area contributed by atoms with Gasteiger partial charge in [-0.05, 0) is 66.5 Å². The Kier molecular flexibility index (Phi) is 6.02. The molecule has 6 rings (SSSR count). The van der Waals surface area contributed by atoms with Gasteiger partial charge in [0, 0.05) is 43.2 Å². The van der Waals surface area contributed by atoms with Crippen molar-refractivity contribution in [3.63, 3.8) is 0 Å². The minimum absolute atomic E-state index is 0.340. The fourth-order valence-electron chi connectivity index (χ4n) is 5.49. The van der Waals surface area contributed by atoms with E-state index in [-0.39, 0.29) is 0 Å². The number of hydrogen-bond donors (Lipinski definition) is 0. The smallest absolute Gasteiger partial charge is 0.225 e. The maximum absolute atomic E-state index is 6.43. The highest BCUT2D eigenvalue weighted by Crippen LogP contribution is 2.43. The average Bonchev–Trinajstić information content (AvgIpc) is 3.19. The van der Waals surface area contributed by atoms with Crippen LogP contribution in [0.4, 0.5) is 5.82 Å². The van der Waals surface area contributed by atoms with Crippen molar-refractivity contribution < 1.29 is 0 Å². The van der Waals surface area contributed by atoms with Gasteiger partial charge in [0.25, 0.3) is 0 Å². The zero-order valence-electron chi connectivity index (χ0n) is 19.6. The first-order chi connectivity index (χ1) is 16.7. The molecule has 0 amide bonds. The van der Waals surface area contributed by atoms with Crippen molar-refractivity contribution in [3.05, 3.63) is 75.4 Å². The molecule has 0 atom stereocenters. The summed E-state index contributed by atoms with van der Waals surface area (Å²) < 4.78 is 0. The summed E-state index contributed by atoms with van der Waals surface area (Å²) >= 11 is 8.16. The normalized spacial score (nSPS) is 16.7. The van der Waals surface area contributed by atoms with Crippen LogP contribution in [0.2, 0.25) is 5.28 Å². The molecule has 0 saturated carbocycles. The molecule has 34 heavy (non-hydrogen) atoms. The number of nitrogens with zero attached hydrogens (tertiary/aromatic N) is 4. The maximum atomic E-state index is 6.43. The number of rotatable bonds is 4. The molecule has 3 heterocycles. The predicted octanol–water partition coefficient (Wildman–Crippen LogP) is 6.52. The van der Waals surface area contributed by atoms with Gasteiger partial charge in [-0.15, -0.1) is 11.3 Å². The van der Waals surface area contributed by atoms with Crippen LogP contribution in [0.1, 0.15) is 34.4 Å². The lowest BCUT2D eigenvalue weighted by Gasteiger charge is -2.35. The van der Waals surface area contributed by atoms with Crippen LogP contribution in [-0.2, 0) is 19.4 Å². The molecule has 174 valence electrons. The van der Waals surface area contributed by atoms with Gasteiger partial charge in [0.05, 0.1) is 5.39 Å². The second-order valence-corrected chi connectivity index (χ2v) is 11.0. The fourth-order valence-corrected chi connectivity index (χ4v) is 6.75. The van der Waals surface area contributed by atoms with Gasteiger partial charge in [-0.3, -0.25) is 4.90 Å². The number of fused-ring (bicyclic) bond motifs is 2. The summed E-state index contributed by atoms with van der Waals surface area (Å²) in [6.45, 7) is 7.09. The van der Waals surface area contributed by atoms with Crippen LogP contribution in [0.25, 0.3) is 21.3 Å². The van der Waals surface area contributed by atoms with Crippen LogP contribution in [0.15, 0.2) is 48.5 Å². The molecular weight excluding hydrogens is 460 g/mol. The van der Waals surface area contributed by atoms with Crippen LogP contribution in [0.5, 0.6) is 0 Å². The highest BCUT2D eigenvalue weighted by atomic mass is 35.5. The zero-order chi connectivity index (χ0) is 23.1. The fraction of sp³-hybridized carbons (Fsp3) is 0.357. The predicted molar refractivity (Wildman–Crippen MR) is 143 cm³/mol. The van der Waals surface area contributed by atoms with E-state index in [9.17, 15) is 0 Å². The number of thiophene rings is 1. The van der Waals surface area contributed by atoms with Crippen LogP contribution in [-0.4, -0.2) is 41.0 Å². The number of benzene rings is 2. The van der Waals surface area contributed by atoms with E-state index >= 15 is 0 Å². The lowest BCUT2D eigenvalue weighted by Crippen LogP contribution is -2.46.